The standard InChI is InChI=1S/C19H20ClN5O2/c1-2-11-25-17-8-3-13(12-16(17)23-24-25)19(27)21-10-9-18(26)22-15-6-4-14(20)5-7-15/h3-8,12H,2,9-11H2,1H3,(H,21,27)(H,22,26). The molecule has 2 amide bonds. The van der Waals surface area contributed by atoms with Crippen molar-refractivity contribution in [1.82, 2.24) is 20.3 Å². The number of fused-ring (bicyclic) bond motifs is 1. The third-order valence-electron chi connectivity index (χ3n) is 3.98. The van der Waals surface area contributed by atoms with Crippen LogP contribution in [0, 0.1) is 0 Å². The number of anilines is 1. The Morgan fingerprint density at radius 3 is 2.67 bits per heavy atom. The molecule has 0 bridgehead atoms. The molecule has 0 unspecified atom stereocenters. The number of benzene rings is 2. The molecule has 2 N–H and O–H groups in total. The number of nitrogens with one attached hydrogen (secondary N) is 2. The van der Waals surface area contributed by atoms with Crippen molar-refractivity contribution in [3.05, 3.63) is 53.1 Å². The van der Waals surface area contributed by atoms with Crippen LogP contribution in [0.3, 0.4) is 0 Å². The average Bonchev–Trinajstić information content (AvgIpc) is 3.06. The molecule has 0 aliphatic heterocycles. The van der Waals surface area contributed by atoms with E-state index in [0.29, 0.717) is 21.8 Å². The van der Waals surface area contributed by atoms with Crippen molar-refractivity contribution in [1.29, 1.82) is 0 Å². The van der Waals surface area contributed by atoms with Gasteiger partial charge >= 0.3 is 0 Å². The van der Waals surface area contributed by atoms with Gasteiger partial charge in [-0.25, -0.2) is 4.68 Å². The van der Waals surface area contributed by atoms with Gasteiger partial charge in [0.2, 0.25) is 5.91 Å². The van der Waals surface area contributed by atoms with Crippen molar-refractivity contribution in [2.24, 2.45) is 0 Å². The van der Waals surface area contributed by atoms with Crippen molar-refractivity contribution in [2.45, 2.75) is 26.3 Å². The van der Waals surface area contributed by atoms with E-state index in [1.165, 1.54) is 0 Å². The Bertz CT molecular complexity index is 952. The van der Waals surface area contributed by atoms with Crippen LogP contribution in [0.2, 0.25) is 5.02 Å². The monoisotopic (exact) mass is 385 g/mol. The van der Waals surface area contributed by atoms with Gasteiger partial charge in [0.05, 0.1) is 5.52 Å². The fourth-order valence-electron chi connectivity index (χ4n) is 2.64. The van der Waals surface area contributed by atoms with Gasteiger partial charge in [0.25, 0.3) is 5.91 Å². The molecule has 27 heavy (non-hydrogen) atoms. The third-order valence-corrected chi connectivity index (χ3v) is 4.23. The Hall–Kier alpha value is -2.93. The highest BCUT2D eigenvalue weighted by Crippen LogP contribution is 2.15. The largest absolute Gasteiger partial charge is 0.352 e. The lowest BCUT2D eigenvalue weighted by Crippen LogP contribution is -2.27. The number of aromatic nitrogens is 3. The molecule has 0 spiro atoms. The number of carbonyl (C=O) groups excluding carboxylic acids is 2. The summed E-state index contributed by atoms with van der Waals surface area (Å²) >= 11 is 5.81. The molecule has 140 valence electrons. The van der Waals surface area contributed by atoms with Crippen molar-refractivity contribution < 1.29 is 9.59 Å². The zero-order valence-electron chi connectivity index (χ0n) is 14.9. The zero-order chi connectivity index (χ0) is 19.2. The Kier molecular flexibility index (Phi) is 6.03. The number of rotatable bonds is 7. The quantitative estimate of drug-likeness (QED) is 0.653. The summed E-state index contributed by atoms with van der Waals surface area (Å²) in [7, 11) is 0. The van der Waals surface area contributed by atoms with Crippen LogP contribution in [-0.4, -0.2) is 33.4 Å². The highest BCUT2D eigenvalue weighted by atomic mass is 35.5. The maximum absolute atomic E-state index is 12.3. The van der Waals surface area contributed by atoms with Gasteiger partial charge in [-0.3, -0.25) is 9.59 Å². The molecular weight excluding hydrogens is 366 g/mol. The normalized spacial score (nSPS) is 10.7. The molecule has 0 aliphatic carbocycles. The van der Waals surface area contributed by atoms with Crippen molar-refractivity contribution in [3.8, 4) is 0 Å². The van der Waals surface area contributed by atoms with Crippen LogP contribution in [0.15, 0.2) is 42.5 Å². The maximum Gasteiger partial charge on any atom is 0.251 e. The molecule has 0 saturated heterocycles. The first-order chi connectivity index (χ1) is 13.1. The van der Waals surface area contributed by atoms with Crippen LogP contribution in [-0.2, 0) is 11.3 Å². The maximum atomic E-state index is 12.3. The van der Waals surface area contributed by atoms with Gasteiger partial charge in [-0.1, -0.05) is 23.7 Å². The van der Waals surface area contributed by atoms with Crippen LogP contribution in [0.5, 0.6) is 0 Å². The van der Waals surface area contributed by atoms with E-state index in [1.807, 2.05) is 10.7 Å². The summed E-state index contributed by atoms with van der Waals surface area (Å²) in [5.74, 6) is -0.434. The zero-order valence-corrected chi connectivity index (χ0v) is 15.7. The topological polar surface area (TPSA) is 88.9 Å². The lowest BCUT2D eigenvalue weighted by molar-refractivity contribution is -0.116. The van der Waals surface area contributed by atoms with Gasteiger partial charge in [0.15, 0.2) is 0 Å². The molecule has 8 heteroatoms. The molecule has 1 heterocycles. The minimum Gasteiger partial charge on any atom is -0.352 e. The molecule has 0 saturated carbocycles. The van der Waals surface area contributed by atoms with Crippen LogP contribution < -0.4 is 10.6 Å². The second-order valence-corrected chi connectivity index (χ2v) is 6.51. The smallest absolute Gasteiger partial charge is 0.251 e. The predicted molar refractivity (Wildman–Crippen MR) is 105 cm³/mol. The first kappa shape index (κ1) is 18.8. The number of halogens is 1. The van der Waals surface area contributed by atoms with Gasteiger partial charge in [-0.05, 0) is 48.9 Å². The minimum atomic E-state index is -0.249. The molecule has 0 fully saturated rings. The number of carbonyl (C=O) groups is 2. The summed E-state index contributed by atoms with van der Waals surface area (Å²) in [5.41, 5.74) is 2.73. The lowest BCUT2D eigenvalue weighted by atomic mass is 10.2. The van der Waals surface area contributed by atoms with Crippen LogP contribution in [0.1, 0.15) is 30.1 Å². The van der Waals surface area contributed by atoms with Gasteiger partial charge in [-0.15, -0.1) is 5.10 Å². The van der Waals surface area contributed by atoms with Crippen molar-refractivity contribution in [2.75, 3.05) is 11.9 Å². The van der Waals surface area contributed by atoms with E-state index in [9.17, 15) is 9.59 Å². The van der Waals surface area contributed by atoms with Gasteiger partial charge in [0, 0.05) is 35.8 Å². The van der Waals surface area contributed by atoms with Gasteiger partial charge in [0.1, 0.15) is 5.52 Å². The third kappa shape index (κ3) is 4.83. The second kappa shape index (κ2) is 8.64. The van der Waals surface area contributed by atoms with Crippen molar-refractivity contribution >= 4 is 40.1 Å². The number of aryl methyl sites for hydroxylation is 1. The predicted octanol–water partition coefficient (Wildman–Crippen LogP) is 3.25. The molecule has 2 aromatic carbocycles. The summed E-state index contributed by atoms with van der Waals surface area (Å²) in [5, 5.41) is 14.3. The molecule has 3 rings (SSSR count). The highest BCUT2D eigenvalue weighted by molar-refractivity contribution is 6.30. The molecule has 1 aromatic heterocycles. The van der Waals surface area contributed by atoms with E-state index in [2.05, 4.69) is 27.9 Å². The van der Waals surface area contributed by atoms with Crippen LogP contribution >= 0.6 is 11.6 Å². The Balaban J connectivity index is 1.52. The van der Waals surface area contributed by atoms with E-state index < -0.39 is 0 Å². The molecule has 0 aliphatic rings. The van der Waals surface area contributed by atoms with E-state index in [-0.39, 0.29) is 24.8 Å². The second-order valence-electron chi connectivity index (χ2n) is 6.08. The summed E-state index contributed by atoms with van der Waals surface area (Å²) in [6, 6.07) is 12.1. The Labute approximate surface area is 161 Å². The average molecular weight is 386 g/mol. The summed E-state index contributed by atoms with van der Waals surface area (Å²) in [6.07, 6.45) is 1.13. The van der Waals surface area contributed by atoms with Crippen LogP contribution in [0.25, 0.3) is 11.0 Å². The first-order valence-corrected chi connectivity index (χ1v) is 9.11. The minimum absolute atomic E-state index is 0.170. The summed E-state index contributed by atoms with van der Waals surface area (Å²) < 4.78 is 1.82. The lowest BCUT2D eigenvalue weighted by Gasteiger charge is -2.07. The fourth-order valence-corrected chi connectivity index (χ4v) is 2.76. The van der Waals surface area contributed by atoms with E-state index >= 15 is 0 Å². The van der Waals surface area contributed by atoms with E-state index in [0.717, 1.165) is 18.5 Å². The first-order valence-electron chi connectivity index (χ1n) is 8.73. The number of nitrogens with zero attached hydrogens (tertiary/aromatic N) is 3. The van der Waals surface area contributed by atoms with Crippen LogP contribution in [0.4, 0.5) is 5.69 Å². The van der Waals surface area contributed by atoms with Gasteiger partial charge < -0.3 is 10.6 Å². The highest BCUT2D eigenvalue weighted by Gasteiger charge is 2.10. The van der Waals surface area contributed by atoms with E-state index in [4.69, 9.17) is 11.6 Å². The molecular formula is C19H20ClN5O2. The van der Waals surface area contributed by atoms with E-state index in [1.54, 1.807) is 36.4 Å². The SMILES string of the molecule is CCCn1nnc2cc(C(=O)NCCC(=O)Nc3ccc(Cl)cc3)ccc21. The van der Waals surface area contributed by atoms with Gasteiger partial charge in [-0.2, -0.15) is 0 Å². The molecule has 0 atom stereocenters. The number of amides is 2. The van der Waals surface area contributed by atoms with Crippen molar-refractivity contribution in [3.63, 3.8) is 0 Å². The Morgan fingerprint density at radius 1 is 1.15 bits per heavy atom. The number of hydrogen-bond donors (Lipinski definition) is 2. The number of hydrogen-bond acceptors (Lipinski definition) is 4. The fraction of sp³-hybridized carbons (Fsp3) is 0.263. The molecule has 3 aromatic rings. The summed E-state index contributed by atoms with van der Waals surface area (Å²) in [4.78, 5) is 24.2. The molecule has 0 radical (unpaired) electrons. The summed E-state index contributed by atoms with van der Waals surface area (Å²) in [6.45, 7) is 3.09. The molecule has 7 nitrogen and oxygen atoms in total. The Morgan fingerprint density at radius 2 is 1.93 bits per heavy atom.